The van der Waals surface area contributed by atoms with Crippen LogP contribution in [0.25, 0.3) is 106 Å². The minimum Gasteiger partial charge on any atom is -0.306 e. The van der Waals surface area contributed by atoms with Crippen LogP contribution < -0.4 is 0 Å². The Morgan fingerprint density at radius 2 is 0.965 bits per heavy atom. The maximum Gasteiger partial charge on any atom is 0.146 e. The molecule has 0 aliphatic carbocycles. The average Bonchev–Trinajstić information content (AvgIpc) is 3.74. The molecular formula is C51H32N6. The molecule has 57 heavy (non-hydrogen) atoms. The number of benzene rings is 5. The zero-order valence-corrected chi connectivity index (χ0v) is 30.7. The third-order valence-corrected chi connectivity index (χ3v) is 10.7. The molecule has 0 N–H and O–H groups in total. The number of rotatable bonds is 6. The summed E-state index contributed by atoms with van der Waals surface area (Å²) >= 11 is 0. The zero-order valence-electron chi connectivity index (χ0n) is 30.7. The number of nitrogens with zero attached hydrogens (tertiary/aromatic N) is 6. The largest absolute Gasteiger partial charge is 0.306 e. The molecule has 0 aliphatic rings. The van der Waals surface area contributed by atoms with Crippen molar-refractivity contribution in [3.05, 3.63) is 195 Å². The molecule has 266 valence electrons. The predicted molar refractivity (Wildman–Crippen MR) is 232 cm³/mol. The Morgan fingerprint density at radius 1 is 0.368 bits per heavy atom. The van der Waals surface area contributed by atoms with Crippen molar-refractivity contribution in [1.29, 1.82) is 0 Å². The van der Waals surface area contributed by atoms with E-state index in [1.54, 1.807) is 12.4 Å². The molecule has 0 spiro atoms. The molecule has 11 aromatic rings. The molecule has 0 fully saturated rings. The van der Waals surface area contributed by atoms with Gasteiger partial charge in [-0.3, -0.25) is 9.97 Å². The first kappa shape index (κ1) is 32.6. The predicted octanol–water partition coefficient (Wildman–Crippen LogP) is 12.4. The van der Waals surface area contributed by atoms with Crippen LogP contribution in [0.4, 0.5) is 0 Å². The highest BCUT2D eigenvalue weighted by molar-refractivity contribution is 6.17. The second kappa shape index (κ2) is 13.5. The van der Waals surface area contributed by atoms with E-state index >= 15 is 0 Å². The Hall–Kier alpha value is -7.83. The number of imidazole rings is 1. The highest BCUT2D eigenvalue weighted by Gasteiger charge is 2.18. The van der Waals surface area contributed by atoms with Crippen LogP contribution in [-0.4, -0.2) is 29.3 Å². The molecular weight excluding hydrogens is 697 g/mol. The summed E-state index contributed by atoms with van der Waals surface area (Å²) in [4.78, 5) is 24.7. The van der Waals surface area contributed by atoms with Gasteiger partial charge in [0, 0.05) is 52.1 Å². The van der Waals surface area contributed by atoms with Gasteiger partial charge in [-0.1, -0.05) is 121 Å². The van der Waals surface area contributed by atoms with E-state index in [4.69, 9.17) is 15.0 Å². The van der Waals surface area contributed by atoms with Crippen LogP contribution in [0.15, 0.2) is 195 Å². The van der Waals surface area contributed by atoms with Gasteiger partial charge in [0.2, 0.25) is 0 Å². The van der Waals surface area contributed by atoms with Crippen molar-refractivity contribution in [2.75, 3.05) is 0 Å². The number of fused-ring (bicyclic) bond motifs is 6. The van der Waals surface area contributed by atoms with Gasteiger partial charge in [-0.15, -0.1) is 0 Å². The second-order valence-electron chi connectivity index (χ2n) is 14.1. The fraction of sp³-hybridized carbons (Fsp3) is 0. The third-order valence-electron chi connectivity index (χ3n) is 10.7. The normalized spacial score (nSPS) is 11.5. The lowest BCUT2D eigenvalue weighted by atomic mass is 9.91. The monoisotopic (exact) mass is 728 g/mol. The zero-order chi connectivity index (χ0) is 37.7. The summed E-state index contributed by atoms with van der Waals surface area (Å²) in [5, 5.41) is 5.58. The standard InChI is InChI=1S/C51H32N6/c1-2-12-34(13-3-1)48-32-57-29-26-42-49(51(57)56-48)41-16-6-7-17-43(41)55-50(42)35-22-20-33(21-23-35)37-24-25-38(40-15-5-4-14-39(37)40)36-30-46(44-18-8-10-27-52-44)54-47(31-36)45-19-9-11-28-53-45/h1-32H. The van der Waals surface area contributed by atoms with E-state index in [1.807, 2.05) is 42.5 Å². The molecule has 6 nitrogen and oxygen atoms in total. The Morgan fingerprint density at radius 3 is 1.63 bits per heavy atom. The van der Waals surface area contributed by atoms with Gasteiger partial charge in [-0.05, 0) is 81.6 Å². The molecule has 0 amide bonds. The maximum atomic E-state index is 5.25. The van der Waals surface area contributed by atoms with Crippen molar-refractivity contribution in [3.63, 3.8) is 0 Å². The first-order chi connectivity index (χ1) is 28.2. The Balaban J connectivity index is 1.02. The molecule has 0 radical (unpaired) electrons. The number of para-hydroxylation sites is 1. The van der Waals surface area contributed by atoms with Crippen molar-refractivity contribution < 1.29 is 0 Å². The Bertz CT molecular complexity index is 3210. The summed E-state index contributed by atoms with van der Waals surface area (Å²) < 4.78 is 2.13. The van der Waals surface area contributed by atoms with Crippen LogP contribution in [0.1, 0.15) is 0 Å². The molecule has 0 atom stereocenters. The van der Waals surface area contributed by atoms with Crippen LogP contribution >= 0.6 is 0 Å². The van der Waals surface area contributed by atoms with Crippen LogP contribution in [0, 0.1) is 0 Å². The van der Waals surface area contributed by atoms with E-state index in [-0.39, 0.29) is 0 Å². The molecule has 0 saturated heterocycles. The van der Waals surface area contributed by atoms with Crippen LogP contribution in [0.5, 0.6) is 0 Å². The highest BCUT2D eigenvalue weighted by atomic mass is 15.0. The van der Waals surface area contributed by atoms with Gasteiger partial charge in [-0.25, -0.2) is 15.0 Å². The van der Waals surface area contributed by atoms with Crippen molar-refractivity contribution in [2.24, 2.45) is 0 Å². The van der Waals surface area contributed by atoms with Crippen LogP contribution in [0.3, 0.4) is 0 Å². The Kier molecular flexibility index (Phi) is 7.71. The van der Waals surface area contributed by atoms with Gasteiger partial charge in [0.25, 0.3) is 0 Å². The molecule has 6 heteroatoms. The first-order valence-corrected chi connectivity index (χ1v) is 19.0. The van der Waals surface area contributed by atoms with E-state index in [1.165, 1.54) is 5.39 Å². The molecule has 6 aromatic heterocycles. The van der Waals surface area contributed by atoms with E-state index in [2.05, 4.69) is 154 Å². The van der Waals surface area contributed by atoms with Gasteiger partial charge in [0.15, 0.2) is 0 Å². The minimum atomic E-state index is 0.803. The Labute approximate surface area is 328 Å². The maximum absolute atomic E-state index is 5.25. The van der Waals surface area contributed by atoms with Gasteiger partial charge >= 0.3 is 0 Å². The quantitative estimate of drug-likeness (QED) is 0.159. The lowest BCUT2D eigenvalue weighted by Crippen LogP contribution is -1.95. The number of pyridine rings is 5. The smallest absolute Gasteiger partial charge is 0.146 e. The summed E-state index contributed by atoms with van der Waals surface area (Å²) in [6.07, 6.45) is 7.81. The third kappa shape index (κ3) is 5.70. The fourth-order valence-corrected chi connectivity index (χ4v) is 8.03. The van der Waals surface area contributed by atoms with Gasteiger partial charge in [0.1, 0.15) is 5.65 Å². The number of hydrogen-bond donors (Lipinski definition) is 0. The van der Waals surface area contributed by atoms with E-state index in [0.29, 0.717) is 0 Å². The number of hydrogen-bond acceptors (Lipinski definition) is 5. The van der Waals surface area contributed by atoms with E-state index in [0.717, 1.165) is 100 Å². The fourth-order valence-electron chi connectivity index (χ4n) is 8.03. The van der Waals surface area contributed by atoms with Crippen molar-refractivity contribution in [3.8, 4) is 67.5 Å². The minimum absolute atomic E-state index is 0.803. The summed E-state index contributed by atoms with van der Waals surface area (Å²) in [6, 6.07) is 58.9. The number of aromatic nitrogens is 6. The van der Waals surface area contributed by atoms with Crippen molar-refractivity contribution in [1.82, 2.24) is 29.3 Å². The van der Waals surface area contributed by atoms with E-state index in [9.17, 15) is 0 Å². The summed E-state index contributed by atoms with van der Waals surface area (Å²) in [5.41, 5.74) is 13.6. The summed E-state index contributed by atoms with van der Waals surface area (Å²) in [5.74, 6) is 0. The SMILES string of the molecule is c1ccc(-c2cn3ccc4c(-c5ccc(-c6ccc(-c7cc(-c8ccccn8)nc(-c8ccccn8)c7)c7ccccc67)cc5)nc5ccccc5c4c3n2)cc1. The van der Waals surface area contributed by atoms with Crippen molar-refractivity contribution in [2.45, 2.75) is 0 Å². The van der Waals surface area contributed by atoms with Crippen LogP contribution in [0.2, 0.25) is 0 Å². The molecule has 5 aromatic carbocycles. The van der Waals surface area contributed by atoms with Gasteiger partial charge < -0.3 is 4.40 Å². The topological polar surface area (TPSA) is 68.9 Å². The molecule has 11 rings (SSSR count). The first-order valence-electron chi connectivity index (χ1n) is 19.0. The molecule has 0 aliphatic heterocycles. The second-order valence-corrected chi connectivity index (χ2v) is 14.1. The van der Waals surface area contributed by atoms with Gasteiger partial charge in [-0.2, -0.15) is 0 Å². The average molecular weight is 729 g/mol. The molecule has 0 bridgehead atoms. The van der Waals surface area contributed by atoms with Gasteiger partial charge in [0.05, 0.1) is 39.7 Å². The highest BCUT2D eigenvalue weighted by Crippen LogP contribution is 2.40. The lowest BCUT2D eigenvalue weighted by Gasteiger charge is -2.15. The van der Waals surface area contributed by atoms with Crippen molar-refractivity contribution >= 4 is 38.1 Å². The molecule has 0 unspecified atom stereocenters. The summed E-state index contributed by atoms with van der Waals surface area (Å²) in [7, 11) is 0. The molecule has 0 saturated carbocycles. The summed E-state index contributed by atoms with van der Waals surface area (Å²) in [6.45, 7) is 0. The van der Waals surface area contributed by atoms with Crippen LogP contribution in [-0.2, 0) is 0 Å². The molecule has 6 heterocycles. The van der Waals surface area contributed by atoms with E-state index < -0.39 is 0 Å². The lowest BCUT2D eigenvalue weighted by molar-refractivity contribution is 1.20.